The number of hydrogen-bond acceptors (Lipinski definition) is 4. The van der Waals surface area contributed by atoms with Crippen LogP contribution in [-0.4, -0.2) is 71.8 Å². The van der Waals surface area contributed by atoms with Crippen molar-refractivity contribution in [3.05, 3.63) is 0 Å². The van der Waals surface area contributed by atoms with E-state index in [0.29, 0.717) is 12.1 Å². The fourth-order valence-electron chi connectivity index (χ4n) is 4.33. The number of aliphatic carboxylic acids is 1. The fourth-order valence-corrected chi connectivity index (χ4v) is 4.33. The number of likely N-dealkylation sites (tertiary alicyclic amines) is 2. The number of nitrogens with zero attached hydrogens (tertiary/aromatic N) is 2. The van der Waals surface area contributed by atoms with Gasteiger partial charge in [-0.3, -0.25) is 9.69 Å². The van der Waals surface area contributed by atoms with Gasteiger partial charge < -0.3 is 14.7 Å². The summed E-state index contributed by atoms with van der Waals surface area (Å²) in [4.78, 5) is 16.2. The molecular formula is C16H28N2O3. The van der Waals surface area contributed by atoms with E-state index in [-0.39, 0.29) is 6.04 Å². The first-order valence-electron chi connectivity index (χ1n) is 8.56. The molecule has 5 nitrogen and oxygen atoms in total. The lowest BCUT2D eigenvalue weighted by molar-refractivity contribution is -0.143. The van der Waals surface area contributed by atoms with E-state index in [1.807, 2.05) is 0 Å². The molecule has 3 aliphatic rings. The standard InChI is InChI=1S/C16H28N2O3/c19-16(20)15-4-1-8-18(15)14-5-9-17(10-6-14)13-3-2-11-21-12-7-13/h13-15H,1-12H2,(H,19,20). The van der Waals surface area contributed by atoms with Gasteiger partial charge in [-0.25, -0.2) is 0 Å². The summed E-state index contributed by atoms with van der Waals surface area (Å²) in [6.45, 7) is 5.04. The van der Waals surface area contributed by atoms with Gasteiger partial charge in [-0.05, 0) is 64.6 Å². The summed E-state index contributed by atoms with van der Waals surface area (Å²) in [5.41, 5.74) is 0. The van der Waals surface area contributed by atoms with E-state index in [2.05, 4.69) is 9.80 Å². The summed E-state index contributed by atoms with van der Waals surface area (Å²) in [6.07, 6.45) is 7.71. The maximum atomic E-state index is 11.3. The van der Waals surface area contributed by atoms with Gasteiger partial charge in [0.25, 0.3) is 0 Å². The minimum absolute atomic E-state index is 0.229. The third kappa shape index (κ3) is 3.58. The third-order valence-corrected chi connectivity index (χ3v) is 5.49. The van der Waals surface area contributed by atoms with Crippen LogP contribution >= 0.6 is 0 Å². The Bertz CT molecular complexity index is 347. The molecule has 3 rings (SSSR count). The first kappa shape index (κ1) is 15.3. The Balaban J connectivity index is 1.51. The van der Waals surface area contributed by atoms with Gasteiger partial charge in [-0.1, -0.05) is 0 Å². The maximum absolute atomic E-state index is 11.3. The fraction of sp³-hybridized carbons (Fsp3) is 0.938. The molecule has 3 fully saturated rings. The van der Waals surface area contributed by atoms with Crippen LogP contribution in [0.5, 0.6) is 0 Å². The SMILES string of the molecule is O=C(O)C1CCCN1C1CCN(C2CCCOCC2)CC1. The van der Waals surface area contributed by atoms with Gasteiger partial charge in [0.15, 0.2) is 0 Å². The molecule has 1 N–H and O–H groups in total. The Kier molecular flexibility index (Phi) is 5.14. The molecule has 0 radical (unpaired) electrons. The van der Waals surface area contributed by atoms with Crippen LogP contribution in [0.4, 0.5) is 0 Å². The summed E-state index contributed by atoms with van der Waals surface area (Å²) in [5.74, 6) is -0.629. The molecule has 0 aromatic rings. The molecule has 3 aliphatic heterocycles. The summed E-state index contributed by atoms with van der Waals surface area (Å²) in [6, 6.07) is 0.932. The minimum atomic E-state index is -0.629. The molecule has 2 unspecified atom stereocenters. The van der Waals surface area contributed by atoms with Crippen molar-refractivity contribution in [1.82, 2.24) is 9.80 Å². The lowest BCUT2D eigenvalue weighted by Crippen LogP contribution is -2.50. The third-order valence-electron chi connectivity index (χ3n) is 5.49. The first-order valence-corrected chi connectivity index (χ1v) is 8.56. The topological polar surface area (TPSA) is 53.0 Å². The van der Waals surface area contributed by atoms with Crippen LogP contribution in [0.15, 0.2) is 0 Å². The second kappa shape index (κ2) is 7.07. The maximum Gasteiger partial charge on any atom is 0.320 e. The molecule has 21 heavy (non-hydrogen) atoms. The highest BCUT2D eigenvalue weighted by Gasteiger charge is 2.37. The summed E-state index contributed by atoms with van der Waals surface area (Å²) >= 11 is 0. The number of carboxylic acids is 1. The van der Waals surface area contributed by atoms with E-state index >= 15 is 0 Å². The predicted octanol–water partition coefficient (Wildman–Crippen LogP) is 1.57. The van der Waals surface area contributed by atoms with Crippen LogP contribution in [0, 0.1) is 0 Å². The van der Waals surface area contributed by atoms with Gasteiger partial charge in [0, 0.05) is 25.3 Å². The number of hydrogen-bond donors (Lipinski definition) is 1. The van der Waals surface area contributed by atoms with Gasteiger partial charge in [0.2, 0.25) is 0 Å². The average Bonchev–Trinajstić information content (AvgIpc) is 2.83. The Hall–Kier alpha value is -0.650. The molecule has 5 heteroatoms. The van der Waals surface area contributed by atoms with E-state index in [9.17, 15) is 9.90 Å². The lowest BCUT2D eigenvalue weighted by Gasteiger charge is -2.41. The van der Waals surface area contributed by atoms with Crippen molar-refractivity contribution in [1.29, 1.82) is 0 Å². The molecule has 0 spiro atoms. The molecular weight excluding hydrogens is 268 g/mol. The number of piperidine rings is 1. The van der Waals surface area contributed by atoms with Crippen molar-refractivity contribution in [3.63, 3.8) is 0 Å². The Morgan fingerprint density at radius 1 is 0.905 bits per heavy atom. The summed E-state index contributed by atoms with van der Waals surface area (Å²) in [7, 11) is 0. The molecule has 0 saturated carbocycles. The first-order chi connectivity index (χ1) is 10.3. The normalized spacial score (nSPS) is 33.9. The highest BCUT2D eigenvalue weighted by molar-refractivity contribution is 5.73. The smallest absolute Gasteiger partial charge is 0.320 e. The van der Waals surface area contributed by atoms with Crippen LogP contribution in [0.2, 0.25) is 0 Å². The number of carbonyl (C=O) groups is 1. The Labute approximate surface area is 127 Å². The van der Waals surface area contributed by atoms with E-state index in [0.717, 1.165) is 65.0 Å². The van der Waals surface area contributed by atoms with Crippen LogP contribution in [0.3, 0.4) is 0 Å². The van der Waals surface area contributed by atoms with Crippen molar-refractivity contribution in [2.24, 2.45) is 0 Å². The molecule has 120 valence electrons. The average molecular weight is 296 g/mol. The lowest BCUT2D eigenvalue weighted by atomic mass is 9.98. The van der Waals surface area contributed by atoms with Crippen molar-refractivity contribution >= 4 is 5.97 Å². The summed E-state index contributed by atoms with van der Waals surface area (Å²) < 4.78 is 5.56. The number of carboxylic acid groups (broad SMARTS) is 1. The van der Waals surface area contributed by atoms with Gasteiger partial charge in [0.1, 0.15) is 6.04 Å². The van der Waals surface area contributed by atoms with Gasteiger partial charge in [-0.2, -0.15) is 0 Å². The highest BCUT2D eigenvalue weighted by atomic mass is 16.5. The van der Waals surface area contributed by atoms with Gasteiger partial charge in [-0.15, -0.1) is 0 Å². The van der Waals surface area contributed by atoms with E-state index < -0.39 is 5.97 Å². The Morgan fingerprint density at radius 2 is 1.71 bits per heavy atom. The van der Waals surface area contributed by atoms with Crippen LogP contribution in [0.1, 0.15) is 44.9 Å². The van der Waals surface area contributed by atoms with Crippen molar-refractivity contribution in [3.8, 4) is 0 Å². The second-order valence-electron chi connectivity index (χ2n) is 6.70. The number of ether oxygens (including phenoxy) is 1. The van der Waals surface area contributed by atoms with Crippen molar-refractivity contribution in [2.45, 2.75) is 63.1 Å². The van der Waals surface area contributed by atoms with Crippen LogP contribution < -0.4 is 0 Å². The zero-order valence-electron chi connectivity index (χ0n) is 12.9. The number of rotatable bonds is 3. The molecule has 0 aliphatic carbocycles. The van der Waals surface area contributed by atoms with Crippen LogP contribution in [0.25, 0.3) is 0 Å². The van der Waals surface area contributed by atoms with Gasteiger partial charge >= 0.3 is 5.97 Å². The zero-order valence-corrected chi connectivity index (χ0v) is 12.9. The van der Waals surface area contributed by atoms with E-state index in [4.69, 9.17) is 4.74 Å². The molecule has 0 bridgehead atoms. The molecule has 0 amide bonds. The Morgan fingerprint density at radius 3 is 2.48 bits per heavy atom. The quantitative estimate of drug-likeness (QED) is 0.857. The van der Waals surface area contributed by atoms with E-state index in [1.165, 1.54) is 12.8 Å². The minimum Gasteiger partial charge on any atom is -0.480 e. The second-order valence-corrected chi connectivity index (χ2v) is 6.70. The highest BCUT2D eigenvalue weighted by Crippen LogP contribution is 2.28. The molecule has 3 heterocycles. The van der Waals surface area contributed by atoms with E-state index in [1.54, 1.807) is 0 Å². The zero-order chi connectivity index (χ0) is 14.7. The summed E-state index contributed by atoms with van der Waals surface area (Å²) in [5, 5.41) is 9.34. The molecule has 3 saturated heterocycles. The predicted molar refractivity (Wildman–Crippen MR) is 80.4 cm³/mol. The van der Waals surface area contributed by atoms with Crippen molar-refractivity contribution in [2.75, 3.05) is 32.8 Å². The largest absolute Gasteiger partial charge is 0.480 e. The van der Waals surface area contributed by atoms with Crippen molar-refractivity contribution < 1.29 is 14.6 Å². The molecule has 0 aromatic carbocycles. The monoisotopic (exact) mass is 296 g/mol. The molecule has 2 atom stereocenters. The van der Waals surface area contributed by atoms with Crippen LogP contribution in [-0.2, 0) is 9.53 Å². The van der Waals surface area contributed by atoms with Gasteiger partial charge in [0.05, 0.1) is 0 Å². The molecule has 0 aromatic heterocycles.